The van der Waals surface area contributed by atoms with Gasteiger partial charge in [0.2, 0.25) is 18.0 Å². The Morgan fingerprint density at radius 3 is 2.00 bits per heavy atom. The number of hydrogen-bond acceptors (Lipinski definition) is 11. The van der Waals surface area contributed by atoms with Crippen LogP contribution in [-0.2, 0) is 23.8 Å². The Bertz CT molecular complexity index is 3090. The Labute approximate surface area is 463 Å². The molecule has 76 heavy (non-hydrogen) atoms. The van der Waals surface area contributed by atoms with E-state index in [4.69, 9.17) is 19.2 Å². The van der Waals surface area contributed by atoms with Crippen LogP contribution >= 0.6 is 51.8 Å². The van der Waals surface area contributed by atoms with Crippen molar-refractivity contribution in [2.75, 3.05) is 40.5 Å². The van der Waals surface area contributed by atoms with Crippen LogP contribution in [0.25, 0.3) is 44.7 Å². The Balaban J connectivity index is 0.00000255. The van der Waals surface area contributed by atoms with E-state index in [2.05, 4.69) is 53.1 Å². The van der Waals surface area contributed by atoms with E-state index in [0.29, 0.717) is 104 Å². The lowest BCUT2D eigenvalue weighted by atomic mass is 9.84. The summed E-state index contributed by atoms with van der Waals surface area (Å²) in [6, 6.07) is 12.6. The average Bonchev–Trinajstić information content (AvgIpc) is 4.28. The highest BCUT2D eigenvalue weighted by molar-refractivity contribution is 7.59. The molecule has 4 aliphatic heterocycles. The van der Waals surface area contributed by atoms with Gasteiger partial charge in [-0.2, -0.15) is 40.5 Å². The number of rotatable bonds is 12. The monoisotopic (exact) mass is 1120 g/mol. The van der Waals surface area contributed by atoms with Crippen molar-refractivity contribution in [2.24, 2.45) is 5.92 Å². The molecule has 4 amide bonds. The summed E-state index contributed by atoms with van der Waals surface area (Å²) in [6.45, 7) is 4.37. The number of ether oxygens (including phenoxy) is 4. The highest BCUT2D eigenvalue weighted by Gasteiger charge is 2.44. The van der Waals surface area contributed by atoms with Gasteiger partial charge in [0.15, 0.2) is 0 Å². The van der Waals surface area contributed by atoms with Crippen LogP contribution in [0.2, 0.25) is 0 Å². The van der Waals surface area contributed by atoms with Gasteiger partial charge in [-0.15, -0.1) is 11.3 Å². The van der Waals surface area contributed by atoms with E-state index >= 15 is 8.78 Å². The molecule has 5 atom stereocenters. The normalized spacial score (nSPS) is 20.2. The first kappa shape index (κ1) is 56.5. The fourth-order valence-corrected chi connectivity index (χ4v) is 12.5. The van der Waals surface area contributed by atoms with Crippen LogP contribution in [0.5, 0.6) is 5.75 Å². The van der Waals surface area contributed by atoms with E-state index in [9.17, 15) is 19.2 Å². The molecule has 1 saturated carbocycles. The highest BCUT2D eigenvalue weighted by Crippen LogP contribution is 2.50. The quantitative estimate of drug-likeness (QED) is 0.0915. The molecule has 408 valence electrons. The standard InChI is InChI=1S/C53H59F2N9O8S.3H2S/c1-53(2,55)45(61-52(68)70-4)49(66)63-19-7-11-38(63)47-57-27-35(59-47)31-23-33(54)43-39-24-32-22-30(12-13-36(32)64(39)50(72-40(43)25-31)42-15-14-41(73-42)28-8-5-9-28)34-26-56-46(58-34)37-10-6-18-62(37)48(65)44(60-51(67)69-3)29-16-20-71-21-17-29;;;/h12-15,22-29,37-38,44-45,50H,5-11,16-21H2,1-4H3,(H,56,58)(H,57,59)(H,60,67)(H,61,68);3*1H2/t37-,38-,44-,45?,50?;;;/m0.../s1. The molecule has 4 N–H and O–H groups in total. The molecule has 4 fully saturated rings. The SMILES string of the molecule is COC(=O)NC(C(=O)N1CCC[C@H]1c1ncc(-c2cc(F)c3c(c2)OC(c2ccc(C4CCC4)s2)n2c-3cc3cc(-c4cnc([C@@H]5CCCN5C(=O)[C@@H](NC(=O)OC)C5CCOCC5)[nH]4)ccc32)[nH]1)C(C)(C)F.S.S.S. The number of likely N-dealkylation sites (tertiary alicyclic amines) is 2. The fraction of sp³-hybridized carbons (Fsp3) is 0.472. The summed E-state index contributed by atoms with van der Waals surface area (Å²) < 4.78 is 56.5. The van der Waals surface area contributed by atoms with Crippen molar-refractivity contribution in [3.63, 3.8) is 0 Å². The largest absolute Gasteiger partial charge is 0.464 e. The van der Waals surface area contributed by atoms with Gasteiger partial charge in [0, 0.05) is 47.7 Å². The van der Waals surface area contributed by atoms with Crippen LogP contribution < -0.4 is 15.4 Å². The molecule has 3 saturated heterocycles. The Morgan fingerprint density at radius 1 is 0.763 bits per heavy atom. The maximum atomic E-state index is 17.0. The van der Waals surface area contributed by atoms with Crippen LogP contribution in [0.15, 0.2) is 60.9 Å². The number of hydrogen-bond donors (Lipinski definition) is 4. The smallest absolute Gasteiger partial charge is 0.407 e. The van der Waals surface area contributed by atoms with Crippen LogP contribution in [0, 0.1) is 11.7 Å². The van der Waals surface area contributed by atoms with Crippen molar-refractivity contribution in [2.45, 2.75) is 114 Å². The van der Waals surface area contributed by atoms with E-state index < -0.39 is 53.9 Å². The van der Waals surface area contributed by atoms with E-state index in [0.717, 1.165) is 53.4 Å². The number of aromatic nitrogens is 5. The Morgan fingerprint density at radius 2 is 1.38 bits per heavy atom. The molecular weight excluding hydrogens is 1060 g/mol. The summed E-state index contributed by atoms with van der Waals surface area (Å²) in [6.07, 6.45) is 8.69. The predicted molar refractivity (Wildman–Crippen MR) is 298 cm³/mol. The zero-order valence-electron chi connectivity index (χ0n) is 42.7. The third-order valence-electron chi connectivity index (χ3n) is 15.4. The number of carbonyl (C=O) groups is 4. The maximum Gasteiger partial charge on any atom is 0.407 e. The lowest BCUT2D eigenvalue weighted by Gasteiger charge is -2.34. The minimum absolute atomic E-state index is 0. The molecule has 0 spiro atoms. The summed E-state index contributed by atoms with van der Waals surface area (Å²) in [5.74, 6) is 0.642. The van der Waals surface area contributed by atoms with Gasteiger partial charge >= 0.3 is 12.2 Å². The predicted octanol–water partition coefficient (Wildman–Crippen LogP) is 9.79. The summed E-state index contributed by atoms with van der Waals surface area (Å²) >= 11 is 1.72. The van der Waals surface area contributed by atoms with Crippen LogP contribution in [-0.4, -0.2) is 117 Å². The van der Waals surface area contributed by atoms with Crippen molar-refractivity contribution in [3.8, 4) is 39.5 Å². The van der Waals surface area contributed by atoms with E-state index in [1.807, 2.05) is 29.2 Å². The molecule has 17 nitrogen and oxygen atoms in total. The maximum absolute atomic E-state index is 17.0. The molecule has 2 aromatic carbocycles. The van der Waals surface area contributed by atoms with Crippen molar-refractivity contribution in [3.05, 3.63) is 88.1 Å². The molecule has 11 rings (SSSR count). The minimum Gasteiger partial charge on any atom is -0.464 e. The lowest BCUT2D eigenvalue weighted by Crippen LogP contribution is -2.56. The molecule has 5 aliphatic rings. The first-order valence-corrected chi connectivity index (χ1v) is 26.0. The number of aromatic amines is 2. The zero-order chi connectivity index (χ0) is 50.7. The number of nitrogens with zero attached hydrogens (tertiary/aromatic N) is 5. The van der Waals surface area contributed by atoms with Gasteiger partial charge in [-0.1, -0.05) is 12.5 Å². The number of halogens is 2. The number of benzene rings is 2. The molecule has 8 heterocycles. The Kier molecular flexibility index (Phi) is 17.1. The summed E-state index contributed by atoms with van der Waals surface area (Å²) in [4.78, 5) is 74.6. The second kappa shape index (κ2) is 23.1. The van der Waals surface area contributed by atoms with E-state index in [1.54, 1.807) is 23.7 Å². The molecule has 23 heteroatoms. The molecule has 4 aromatic heterocycles. The number of amides is 4. The van der Waals surface area contributed by atoms with Gasteiger partial charge in [-0.3, -0.25) is 14.2 Å². The van der Waals surface area contributed by atoms with E-state index in [1.165, 1.54) is 43.2 Å². The van der Waals surface area contributed by atoms with Gasteiger partial charge < -0.3 is 49.3 Å². The Hall–Kier alpha value is -5.75. The van der Waals surface area contributed by atoms with Gasteiger partial charge in [0.25, 0.3) is 0 Å². The van der Waals surface area contributed by atoms with Gasteiger partial charge in [-0.05, 0) is 120 Å². The van der Waals surface area contributed by atoms with Crippen LogP contribution in [0.4, 0.5) is 18.4 Å². The summed E-state index contributed by atoms with van der Waals surface area (Å²) in [7, 11) is 2.44. The first-order chi connectivity index (χ1) is 35.3. The van der Waals surface area contributed by atoms with Crippen molar-refractivity contribution in [1.29, 1.82) is 0 Å². The van der Waals surface area contributed by atoms with Gasteiger partial charge in [0.1, 0.15) is 41.0 Å². The topological polar surface area (TPSA) is 198 Å². The van der Waals surface area contributed by atoms with Gasteiger partial charge in [-0.25, -0.2) is 28.3 Å². The van der Waals surface area contributed by atoms with Crippen molar-refractivity contribution in [1.82, 2.24) is 44.9 Å². The third kappa shape index (κ3) is 10.6. The molecule has 2 unspecified atom stereocenters. The second-order valence-electron chi connectivity index (χ2n) is 20.3. The fourth-order valence-electron chi connectivity index (χ4n) is 11.3. The molecular formula is C53H65F2N9O8S4. The number of nitrogens with one attached hydrogen (secondary N) is 4. The first-order valence-electron chi connectivity index (χ1n) is 25.2. The van der Waals surface area contributed by atoms with Crippen LogP contribution in [0.1, 0.15) is 117 Å². The zero-order valence-corrected chi connectivity index (χ0v) is 46.5. The summed E-state index contributed by atoms with van der Waals surface area (Å²) in [5, 5.41) is 6.04. The average molecular weight is 1120 g/mol. The molecule has 6 aromatic rings. The second-order valence-corrected chi connectivity index (χ2v) is 21.4. The number of methoxy groups -OCH3 is 2. The number of fused-ring (bicyclic) bond motifs is 5. The van der Waals surface area contributed by atoms with Crippen molar-refractivity contribution >= 4 is 86.7 Å². The molecule has 1 aliphatic carbocycles. The number of imidazole rings is 2. The van der Waals surface area contributed by atoms with Crippen molar-refractivity contribution < 1.29 is 46.9 Å². The molecule has 0 bridgehead atoms. The molecule has 0 radical (unpaired) electrons. The number of carbonyl (C=O) groups excluding carboxylic acids is 4. The summed E-state index contributed by atoms with van der Waals surface area (Å²) in [5.41, 5.74) is 2.35. The lowest BCUT2D eigenvalue weighted by molar-refractivity contribution is -0.138. The number of H-pyrrole nitrogens is 2. The number of alkyl carbamates (subject to hydrolysis) is 2. The minimum atomic E-state index is -2.09. The highest BCUT2D eigenvalue weighted by atomic mass is 32.1. The number of thiophene rings is 1. The number of alkyl halides is 1. The van der Waals surface area contributed by atoms with E-state index in [-0.39, 0.29) is 58.4 Å². The third-order valence-corrected chi connectivity index (χ3v) is 16.7. The van der Waals surface area contributed by atoms with Gasteiger partial charge in [0.05, 0.1) is 71.7 Å². The van der Waals surface area contributed by atoms with Crippen LogP contribution in [0.3, 0.4) is 0 Å².